The van der Waals surface area contributed by atoms with Gasteiger partial charge in [0.25, 0.3) is 0 Å². The van der Waals surface area contributed by atoms with E-state index in [-0.39, 0.29) is 0 Å². The van der Waals surface area contributed by atoms with Crippen molar-refractivity contribution in [1.29, 1.82) is 0 Å². The molecule has 4 aromatic heterocycles. The Bertz CT molecular complexity index is 2880. The first-order valence-electron chi connectivity index (χ1n) is 15.5. The number of hydrogen-bond acceptors (Lipinski definition) is 3. The summed E-state index contributed by atoms with van der Waals surface area (Å²) in [5, 5.41) is 6.95. The van der Waals surface area contributed by atoms with Crippen molar-refractivity contribution >= 4 is 80.9 Å². The van der Waals surface area contributed by atoms with Crippen LogP contribution in [-0.2, 0) is 0 Å². The van der Waals surface area contributed by atoms with Gasteiger partial charge < -0.3 is 8.98 Å². The fourth-order valence-corrected chi connectivity index (χ4v) is 8.12. The second kappa shape index (κ2) is 9.89. The Labute approximate surface area is 273 Å². The van der Waals surface area contributed by atoms with Gasteiger partial charge in [0.1, 0.15) is 11.2 Å². The fraction of sp³-hybridized carbons (Fsp3) is 0. The number of furan rings is 1. The van der Waals surface area contributed by atoms with Crippen molar-refractivity contribution in [2.75, 3.05) is 0 Å². The van der Waals surface area contributed by atoms with Gasteiger partial charge in [-0.15, -0.1) is 11.3 Å². The minimum Gasteiger partial charge on any atom is -0.456 e. The molecule has 0 aliphatic rings. The van der Waals surface area contributed by atoms with Crippen LogP contribution in [0.1, 0.15) is 0 Å². The molecule has 5 heteroatoms. The van der Waals surface area contributed by atoms with Gasteiger partial charge in [-0.1, -0.05) is 60.7 Å². The highest BCUT2D eigenvalue weighted by atomic mass is 32.1. The average Bonchev–Trinajstić information content (AvgIpc) is 3.80. The Balaban J connectivity index is 1.10. The van der Waals surface area contributed by atoms with Gasteiger partial charge in [0, 0.05) is 60.2 Å². The van der Waals surface area contributed by atoms with Crippen LogP contribution < -0.4 is 0 Å². The number of thiophene rings is 1. The van der Waals surface area contributed by atoms with Crippen LogP contribution in [0.2, 0.25) is 0 Å². The van der Waals surface area contributed by atoms with Crippen molar-refractivity contribution in [3.63, 3.8) is 0 Å². The summed E-state index contributed by atoms with van der Waals surface area (Å²) in [5.74, 6) is 0. The first-order valence-corrected chi connectivity index (χ1v) is 16.3. The Hall–Kier alpha value is -6.22. The number of rotatable bonds is 3. The van der Waals surface area contributed by atoms with E-state index >= 15 is 0 Å². The molecule has 0 radical (unpaired) electrons. The molecule has 218 valence electrons. The molecular formula is C42H23N3OS. The number of fused-ring (bicyclic) bond motifs is 9. The number of hydrogen-bond donors (Lipinski definition) is 0. The zero-order valence-corrected chi connectivity index (χ0v) is 25.8. The lowest BCUT2D eigenvalue weighted by atomic mass is 9.99. The standard InChI is InChI=1S/C42H23N3OS/c1-43-29-12-17-42-36(21-29)35-20-26(11-16-41(35)47-42)28-18-27(23-44-24-28)25-10-14-39-33(19-25)34-22-30(13-15-40(34)46-39)45-37-8-4-2-6-31(37)32-7-3-5-9-38(32)45/h2-24H. The van der Waals surface area contributed by atoms with E-state index in [9.17, 15) is 0 Å². The SMILES string of the molecule is [C-]#[N+]c1ccc2sc3ccc(-c4cncc(-c5ccc6oc7ccc(-n8c9ccccc9c9ccccc98)cc7c6c5)c4)cc3c2c1. The number of benzene rings is 6. The van der Waals surface area contributed by atoms with Crippen molar-refractivity contribution < 1.29 is 4.42 Å². The fourth-order valence-electron chi connectivity index (χ4n) is 7.05. The first kappa shape index (κ1) is 26.0. The van der Waals surface area contributed by atoms with E-state index < -0.39 is 0 Å². The lowest BCUT2D eigenvalue weighted by Gasteiger charge is -2.08. The van der Waals surface area contributed by atoms with Gasteiger partial charge in [0.05, 0.1) is 17.6 Å². The maximum atomic E-state index is 7.46. The van der Waals surface area contributed by atoms with Crippen LogP contribution in [0.25, 0.3) is 96.7 Å². The van der Waals surface area contributed by atoms with Gasteiger partial charge in [0.2, 0.25) is 0 Å². The van der Waals surface area contributed by atoms with E-state index in [1.165, 1.54) is 36.6 Å². The lowest BCUT2D eigenvalue weighted by molar-refractivity contribution is 0.669. The Morgan fingerprint density at radius 1 is 0.532 bits per heavy atom. The largest absolute Gasteiger partial charge is 0.456 e. The van der Waals surface area contributed by atoms with Crippen LogP contribution in [0.4, 0.5) is 5.69 Å². The molecule has 47 heavy (non-hydrogen) atoms. The summed E-state index contributed by atoms with van der Waals surface area (Å²) in [6.07, 6.45) is 3.85. The molecular weight excluding hydrogens is 595 g/mol. The molecule has 10 aromatic rings. The Morgan fingerprint density at radius 3 is 1.85 bits per heavy atom. The molecule has 0 saturated heterocycles. The van der Waals surface area contributed by atoms with Gasteiger partial charge in [-0.3, -0.25) is 4.98 Å². The predicted octanol–water partition coefficient (Wildman–Crippen LogP) is 12.3. The van der Waals surface area contributed by atoms with Crippen molar-refractivity contribution in [3.8, 4) is 27.9 Å². The third kappa shape index (κ3) is 3.96. The number of pyridine rings is 1. The molecule has 0 saturated carbocycles. The number of para-hydroxylation sites is 2. The van der Waals surface area contributed by atoms with Crippen LogP contribution >= 0.6 is 11.3 Å². The monoisotopic (exact) mass is 617 g/mol. The second-order valence-electron chi connectivity index (χ2n) is 11.9. The van der Waals surface area contributed by atoms with Gasteiger partial charge in [-0.05, 0) is 88.6 Å². The summed E-state index contributed by atoms with van der Waals surface area (Å²) in [6, 6.07) is 44.8. The molecule has 4 heterocycles. The highest BCUT2D eigenvalue weighted by Gasteiger charge is 2.15. The molecule has 0 unspecified atom stereocenters. The molecule has 0 bridgehead atoms. The summed E-state index contributed by atoms with van der Waals surface area (Å²) in [4.78, 5) is 8.31. The molecule has 0 aliphatic heterocycles. The van der Waals surface area contributed by atoms with Crippen molar-refractivity contribution in [1.82, 2.24) is 9.55 Å². The highest BCUT2D eigenvalue weighted by molar-refractivity contribution is 7.25. The molecule has 0 amide bonds. The maximum absolute atomic E-state index is 7.46. The topological polar surface area (TPSA) is 35.3 Å². The van der Waals surface area contributed by atoms with E-state index in [2.05, 4.69) is 130 Å². The van der Waals surface area contributed by atoms with Gasteiger partial charge in [0.15, 0.2) is 5.69 Å². The number of nitrogens with zero attached hydrogens (tertiary/aromatic N) is 3. The Kier molecular flexibility index (Phi) is 5.48. The molecule has 6 aromatic carbocycles. The summed E-state index contributed by atoms with van der Waals surface area (Å²) in [7, 11) is 0. The van der Waals surface area contributed by atoms with Crippen molar-refractivity contribution in [2.45, 2.75) is 0 Å². The zero-order chi connectivity index (χ0) is 31.1. The normalized spacial score (nSPS) is 11.8. The third-order valence-corrected chi connectivity index (χ3v) is 10.4. The van der Waals surface area contributed by atoms with Crippen LogP contribution in [0.3, 0.4) is 0 Å². The van der Waals surface area contributed by atoms with Crippen molar-refractivity contribution in [3.05, 3.63) is 151 Å². The van der Waals surface area contributed by atoms with E-state index in [0.717, 1.165) is 55.3 Å². The van der Waals surface area contributed by atoms with Crippen LogP contribution in [0, 0.1) is 6.57 Å². The highest BCUT2D eigenvalue weighted by Crippen LogP contribution is 2.40. The van der Waals surface area contributed by atoms with E-state index in [4.69, 9.17) is 11.0 Å². The lowest BCUT2D eigenvalue weighted by Crippen LogP contribution is -1.93. The van der Waals surface area contributed by atoms with Crippen LogP contribution in [-0.4, -0.2) is 9.55 Å². The van der Waals surface area contributed by atoms with Gasteiger partial charge in [-0.25, -0.2) is 4.85 Å². The minimum absolute atomic E-state index is 0.663. The third-order valence-electron chi connectivity index (χ3n) is 9.28. The second-order valence-corrected chi connectivity index (χ2v) is 13.0. The van der Waals surface area contributed by atoms with E-state index in [1.807, 2.05) is 24.5 Å². The van der Waals surface area contributed by atoms with Crippen LogP contribution in [0.15, 0.2) is 144 Å². The number of aromatic nitrogens is 2. The van der Waals surface area contributed by atoms with Gasteiger partial charge in [-0.2, -0.15) is 0 Å². The molecule has 4 nitrogen and oxygen atoms in total. The predicted molar refractivity (Wildman–Crippen MR) is 196 cm³/mol. The molecule has 0 aliphatic carbocycles. The summed E-state index contributed by atoms with van der Waals surface area (Å²) in [5.41, 5.74) is 10.1. The Morgan fingerprint density at radius 2 is 1.13 bits per heavy atom. The summed E-state index contributed by atoms with van der Waals surface area (Å²) >= 11 is 1.76. The molecule has 10 rings (SSSR count). The first-order chi connectivity index (χ1) is 23.2. The maximum Gasteiger partial charge on any atom is 0.187 e. The summed E-state index contributed by atoms with van der Waals surface area (Å²) < 4.78 is 11.1. The van der Waals surface area contributed by atoms with Gasteiger partial charge >= 0.3 is 0 Å². The van der Waals surface area contributed by atoms with E-state index in [1.54, 1.807) is 11.3 Å². The molecule has 0 spiro atoms. The zero-order valence-electron chi connectivity index (χ0n) is 24.9. The average molecular weight is 618 g/mol. The molecule has 0 atom stereocenters. The molecule has 0 N–H and O–H groups in total. The smallest absolute Gasteiger partial charge is 0.187 e. The summed E-state index contributed by atoms with van der Waals surface area (Å²) in [6.45, 7) is 7.46. The minimum atomic E-state index is 0.663. The van der Waals surface area contributed by atoms with Crippen LogP contribution in [0.5, 0.6) is 0 Å². The van der Waals surface area contributed by atoms with Crippen molar-refractivity contribution in [2.24, 2.45) is 0 Å². The quantitative estimate of drug-likeness (QED) is 0.185. The van der Waals surface area contributed by atoms with E-state index in [0.29, 0.717) is 5.69 Å². The molecule has 0 fully saturated rings.